The Bertz CT molecular complexity index is 642. The summed E-state index contributed by atoms with van der Waals surface area (Å²) in [7, 11) is -4.15. The third kappa shape index (κ3) is 4.14. The Balaban J connectivity index is 3.30. The summed E-state index contributed by atoms with van der Waals surface area (Å²) in [5.74, 6) is 0. The van der Waals surface area contributed by atoms with Crippen molar-refractivity contribution in [2.75, 3.05) is 0 Å². The lowest BCUT2D eigenvalue weighted by Gasteiger charge is -2.18. The molecular weight excluding hydrogens is 325 g/mol. The summed E-state index contributed by atoms with van der Waals surface area (Å²) in [6, 6.07) is 2.18. The van der Waals surface area contributed by atoms with E-state index >= 15 is 0 Å². The highest BCUT2D eigenvalue weighted by Gasteiger charge is 2.35. The largest absolute Gasteiger partial charge is 0.416 e. The Kier molecular flexibility index (Phi) is 5.35. The maximum absolute atomic E-state index is 12.8. The SMILES string of the molecule is CCC(NS(=O)(=O)c1cccc(C(F)(F)F)c1C)C(N)=S. The Morgan fingerprint density at radius 2 is 2.00 bits per heavy atom. The van der Waals surface area contributed by atoms with E-state index in [-0.39, 0.29) is 10.6 Å². The van der Waals surface area contributed by atoms with Gasteiger partial charge in [-0.1, -0.05) is 25.2 Å². The van der Waals surface area contributed by atoms with Gasteiger partial charge in [0.15, 0.2) is 0 Å². The number of thiocarbonyl (C=S) groups is 1. The summed E-state index contributed by atoms with van der Waals surface area (Å²) in [5.41, 5.74) is 4.04. The number of halogens is 3. The van der Waals surface area contributed by atoms with E-state index in [1.807, 2.05) is 0 Å². The van der Waals surface area contributed by atoms with Gasteiger partial charge in [0.1, 0.15) is 0 Å². The molecule has 9 heteroatoms. The summed E-state index contributed by atoms with van der Waals surface area (Å²) in [6.07, 6.45) is -4.32. The maximum atomic E-state index is 12.8. The van der Waals surface area contributed by atoms with Crippen molar-refractivity contribution in [1.29, 1.82) is 0 Å². The molecule has 4 nitrogen and oxygen atoms in total. The second kappa shape index (κ2) is 6.29. The second-order valence-corrected chi connectivity index (χ2v) is 6.56. The number of sulfonamides is 1. The summed E-state index contributed by atoms with van der Waals surface area (Å²) in [6.45, 7) is 2.77. The molecule has 0 saturated heterocycles. The van der Waals surface area contributed by atoms with Gasteiger partial charge in [-0.25, -0.2) is 13.1 Å². The molecule has 118 valence electrons. The fourth-order valence-electron chi connectivity index (χ4n) is 1.81. The summed E-state index contributed by atoms with van der Waals surface area (Å²) >= 11 is 4.72. The van der Waals surface area contributed by atoms with Crippen molar-refractivity contribution in [2.45, 2.75) is 37.4 Å². The molecule has 0 aliphatic carbocycles. The van der Waals surface area contributed by atoms with E-state index in [9.17, 15) is 21.6 Å². The minimum absolute atomic E-state index is 0.0642. The lowest BCUT2D eigenvalue weighted by molar-refractivity contribution is -0.138. The lowest BCUT2D eigenvalue weighted by Crippen LogP contribution is -2.43. The highest BCUT2D eigenvalue weighted by Crippen LogP contribution is 2.34. The van der Waals surface area contributed by atoms with Crippen molar-refractivity contribution in [3.63, 3.8) is 0 Å². The number of nitrogens with one attached hydrogen (secondary N) is 1. The summed E-state index contributed by atoms with van der Waals surface area (Å²) < 4.78 is 65.1. The lowest BCUT2D eigenvalue weighted by atomic mass is 10.1. The molecule has 0 bridgehead atoms. The number of rotatable bonds is 5. The molecule has 1 rings (SSSR count). The molecule has 0 fully saturated rings. The van der Waals surface area contributed by atoms with Crippen molar-refractivity contribution in [1.82, 2.24) is 4.72 Å². The molecule has 0 radical (unpaired) electrons. The molecule has 1 aromatic rings. The van der Waals surface area contributed by atoms with Crippen molar-refractivity contribution in [3.8, 4) is 0 Å². The maximum Gasteiger partial charge on any atom is 0.416 e. The molecular formula is C12H15F3N2O2S2. The molecule has 1 unspecified atom stereocenters. The van der Waals surface area contributed by atoms with Gasteiger partial charge in [-0.15, -0.1) is 0 Å². The highest BCUT2D eigenvalue weighted by atomic mass is 32.2. The minimum Gasteiger partial charge on any atom is -0.392 e. The average molecular weight is 340 g/mol. The van der Waals surface area contributed by atoms with Crippen LogP contribution in [0.2, 0.25) is 0 Å². The Morgan fingerprint density at radius 3 is 2.43 bits per heavy atom. The highest BCUT2D eigenvalue weighted by molar-refractivity contribution is 7.89. The van der Waals surface area contributed by atoms with E-state index in [1.54, 1.807) is 6.92 Å². The fourth-order valence-corrected chi connectivity index (χ4v) is 3.67. The summed E-state index contributed by atoms with van der Waals surface area (Å²) in [4.78, 5) is -0.502. The van der Waals surface area contributed by atoms with Crippen LogP contribution in [0.1, 0.15) is 24.5 Å². The molecule has 1 atom stereocenters. The van der Waals surface area contributed by atoms with Crippen LogP contribution in [0.3, 0.4) is 0 Å². The van der Waals surface area contributed by atoms with Gasteiger partial charge in [-0.05, 0) is 31.0 Å². The van der Waals surface area contributed by atoms with Gasteiger partial charge in [0.2, 0.25) is 10.0 Å². The first kappa shape index (κ1) is 17.9. The van der Waals surface area contributed by atoms with Crippen molar-refractivity contribution in [3.05, 3.63) is 29.3 Å². The van der Waals surface area contributed by atoms with E-state index in [2.05, 4.69) is 4.72 Å². The fraction of sp³-hybridized carbons (Fsp3) is 0.417. The zero-order valence-electron chi connectivity index (χ0n) is 11.4. The summed E-state index contributed by atoms with van der Waals surface area (Å²) in [5, 5.41) is 0. The first-order valence-electron chi connectivity index (χ1n) is 5.99. The molecule has 0 heterocycles. The number of nitrogens with two attached hydrogens (primary N) is 1. The van der Waals surface area contributed by atoms with Gasteiger partial charge in [-0.2, -0.15) is 13.2 Å². The van der Waals surface area contributed by atoms with Crippen molar-refractivity contribution in [2.24, 2.45) is 5.73 Å². The van der Waals surface area contributed by atoms with Crippen LogP contribution in [0, 0.1) is 6.92 Å². The molecule has 0 aliphatic heterocycles. The van der Waals surface area contributed by atoms with Crippen LogP contribution >= 0.6 is 12.2 Å². The first-order chi connectivity index (χ1) is 9.50. The number of benzene rings is 1. The van der Waals surface area contributed by atoms with Gasteiger partial charge in [0, 0.05) is 0 Å². The number of hydrogen-bond acceptors (Lipinski definition) is 3. The number of hydrogen-bond donors (Lipinski definition) is 2. The van der Waals surface area contributed by atoms with Crippen LogP contribution < -0.4 is 10.5 Å². The van der Waals surface area contributed by atoms with Crippen LogP contribution in [0.25, 0.3) is 0 Å². The molecule has 21 heavy (non-hydrogen) atoms. The molecule has 0 aliphatic rings. The monoisotopic (exact) mass is 340 g/mol. The van der Waals surface area contributed by atoms with E-state index in [4.69, 9.17) is 18.0 Å². The molecule has 0 saturated carbocycles. The van der Waals surface area contributed by atoms with Gasteiger partial charge >= 0.3 is 6.18 Å². The van der Waals surface area contributed by atoms with Crippen LogP contribution in [0.5, 0.6) is 0 Å². The van der Waals surface area contributed by atoms with Gasteiger partial charge in [0.05, 0.1) is 21.5 Å². The van der Waals surface area contributed by atoms with E-state index in [1.165, 1.54) is 0 Å². The zero-order valence-corrected chi connectivity index (χ0v) is 13.0. The van der Waals surface area contributed by atoms with E-state index in [0.29, 0.717) is 6.42 Å². The van der Waals surface area contributed by atoms with Gasteiger partial charge in [-0.3, -0.25) is 0 Å². The van der Waals surface area contributed by atoms with Gasteiger partial charge in [0.25, 0.3) is 0 Å². The normalized spacial score (nSPS) is 14.0. The molecule has 0 spiro atoms. The van der Waals surface area contributed by atoms with Crippen molar-refractivity contribution >= 4 is 27.2 Å². The average Bonchev–Trinajstić information content (AvgIpc) is 2.34. The van der Waals surface area contributed by atoms with E-state index in [0.717, 1.165) is 25.1 Å². The van der Waals surface area contributed by atoms with Crippen LogP contribution in [-0.2, 0) is 16.2 Å². The molecule has 1 aromatic carbocycles. The Morgan fingerprint density at radius 1 is 1.43 bits per heavy atom. The van der Waals surface area contributed by atoms with Crippen LogP contribution in [-0.4, -0.2) is 19.4 Å². The molecule has 0 aromatic heterocycles. The standard InChI is InChI=1S/C12H15F3N2O2S2/c1-3-9(11(16)20)17-21(18,19)10-6-4-5-8(7(10)2)12(13,14)15/h4-6,9,17H,3H2,1-2H3,(H2,16,20). The second-order valence-electron chi connectivity index (χ2n) is 4.41. The minimum atomic E-state index is -4.62. The smallest absolute Gasteiger partial charge is 0.392 e. The third-order valence-electron chi connectivity index (χ3n) is 2.93. The number of alkyl halides is 3. The molecule has 0 amide bonds. The van der Waals surface area contributed by atoms with Crippen LogP contribution in [0.15, 0.2) is 23.1 Å². The predicted molar refractivity (Wildman–Crippen MR) is 77.4 cm³/mol. The third-order valence-corrected chi connectivity index (χ3v) is 4.83. The van der Waals surface area contributed by atoms with Gasteiger partial charge < -0.3 is 5.73 Å². The van der Waals surface area contributed by atoms with E-state index < -0.39 is 32.7 Å². The molecule has 3 N–H and O–H groups in total. The Hall–Kier alpha value is -1.19. The topological polar surface area (TPSA) is 72.2 Å². The Labute approximate surface area is 126 Å². The van der Waals surface area contributed by atoms with Crippen molar-refractivity contribution < 1.29 is 21.6 Å². The zero-order chi connectivity index (χ0) is 16.4. The van der Waals surface area contributed by atoms with Crippen LogP contribution in [0.4, 0.5) is 13.2 Å². The quantitative estimate of drug-likeness (QED) is 0.807. The predicted octanol–water partition coefficient (Wildman–Crippen LogP) is 2.36. The first-order valence-corrected chi connectivity index (χ1v) is 7.88.